The largest absolute Gasteiger partial charge is 0.350 e. The topological polar surface area (TPSA) is 18.5 Å². The third-order valence-corrected chi connectivity index (χ3v) is 18.3. The fourth-order valence-corrected chi connectivity index (χ4v) is 16.7. The molecule has 3 aromatic rings. The Morgan fingerprint density at radius 2 is 1.27 bits per heavy atom. The molecule has 172 valence electrons. The van der Waals surface area contributed by atoms with Gasteiger partial charge in [-0.15, -0.1) is 23.5 Å². The number of hydrogen-bond acceptors (Lipinski definition) is 4. The molecule has 2 aliphatic heterocycles. The van der Waals surface area contributed by atoms with Gasteiger partial charge >= 0.3 is 0 Å². The average molecular weight is 493 g/mol. The van der Waals surface area contributed by atoms with E-state index in [-0.39, 0.29) is 9.99 Å². The van der Waals surface area contributed by atoms with Crippen molar-refractivity contribution in [3.8, 4) is 0 Å². The second-order valence-corrected chi connectivity index (χ2v) is 16.8. The van der Waals surface area contributed by atoms with Crippen molar-refractivity contribution < 1.29 is 9.47 Å². The molecule has 2 aliphatic rings. The smallest absolute Gasteiger partial charge is 0.158 e. The van der Waals surface area contributed by atoms with Crippen molar-refractivity contribution in [2.75, 3.05) is 24.7 Å². The molecule has 2 fully saturated rings. The zero-order valence-corrected chi connectivity index (χ0v) is 21.8. The molecule has 0 saturated carbocycles. The van der Waals surface area contributed by atoms with Gasteiger partial charge in [0.25, 0.3) is 0 Å². The predicted octanol–water partition coefficient (Wildman–Crippen LogP) is 5.53. The molecule has 3 aromatic carbocycles. The summed E-state index contributed by atoms with van der Waals surface area (Å²) in [5, 5.41) is 3.01. The molecule has 1 atom stereocenters. The van der Waals surface area contributed by atoms with Gasteiger partial charge < -0.3 is 9.47 Å². The highest BCUT2D eigenvalue weighted by Gasteiger charge is 2.58. The summed E-state index contributed by atoms with van der Waals surface area (Å²) in [4.78, 5) is 0. The second kappa shape index (κ2) is 10.4. The zero-order valence-electron chi connectivity index (χ0n) is 19.2. The van der Waals surface area contributed by atoms with Crippen LogP contribution in [0.3, 0.4) is 0 Å². The average Bonchev–Trinajstić information content (AvgIpc) is 3.42. The molecule has 0 spiro atoms. The van der Waals surface area contributed by atoms with Crippen LogP contribution in [0.1, 0.15) is 24.3 Å². The van der Waals surface area contributed by atoms with Gasteiger partial charge in [-0.1, -0.05) is 108 Å². The van der Waals surface area contributed by atoms with E-state index in [0.29, 0.717) is 19.1 Å². The van der Waals surface area contributed by atoms with Gasteiger partial charge in [-0.3, -0.25) is 0 Å². The summed E-state index contributed by atoms with van der Waals surface area (Å²) in [7, 11) is -2.25. The van der Waals surface area contributed by atoms with Crippen LogP contribution in [0.4, 0.5) is 0 Å². The molecule has 0 aliphatic carbocycles. The van der Waals surface area contributed by atoms with Gasteiger partial charge in [0.05, 0.1) is 16.9 Å². The van der Waals surface area contributed by atoms with E-state index in [9.17, 15) is 0 Å². The lowest BCUT2D eigenvalue weighted by atomic mass is 9.96. The molecule has 0 radical (unpaired) electrons. The number of ether oxygens (including phenoxy) is 2. The van der Waals surface area contributed by atoms with Gasteiger partial charge in [-0.2, -0.15) is 0 Å². The first-order valence-corrected chi connectivity index (χ1v) is 16.4. The molecule has 2 heterocycles. The SMILES string of the molecule is C[Si](c1ccccc1)(c1ccccc1)C1(C(CC2OCCO2)c2ccccc2)SCCCS1. The summed E-state index contributed by atoms with van der Waals surface area (Å²) in [6.45, 7) is 4.01. The first kappa shape index (κ1) is 23.2. The molecule has 0 amide bonds. The molecule has 5 heteroatoms. The summed E-state index contributed by atoms with van der Waals surface area (Å²) in [5.74, 6) is 2.73. The van der Waals surface area contributed by atoms with Crippen molar-refractivity contribution in [1.29, 1.82) is 0 Å². The van der Waals surface area contributed by atoms with E-state index < -0.39 is 8.07 Å². The number of rotatable bonds is 7. The van der Waals surface area contributed by atoms with Gasteiger partial charge in [-0.25, -0.2) is 0 Å². The van der Waals surface area contributed by atoms with Gasteiger partial charge in [0.15, 0.2) is 6.29 Å². The molecule has 2 nitrogen and oxygen atoms in total. The van der Waals surface area contributed by atoms with Crippen LogP contribution in [0, 0.1) is 0 Å². The Labute approximate surface area is 207 Å². The fourth-order valence-electron chi connectivity index (χ4n) is 5.43. The fraction of sp³-hybridized carbons (Fsp3) is 0.357. The van der Waals surface area contributed by atoms with Crippen molar-refractivity contribution in [2.45, 2.75) is 35.3 Å². The zero-order chi connectivity index (χ0) is 22.6. The lowest BCUT2D eigenvalue weighted by Crippen LogP contribution is -2.71. The van der Waals surface area contributed by atoms with E-state index >= 15 is 0 Å². The van der Waals surface area contributed by atoms with Crippen LogP contribution < -0.4 is 10.4 Å². The highest BCUT2D eigenvalue weighted by molar-refractivity contribution is 8.21. The first-order valence-electron chi connectivity index (χ1n) is 11.9. The lowest BCUT2D eigenvalue weighted by molar-refractivity contribution is -0.0508. The molecule has 0 aromatic heterocycles. The molecular weight excluding hydrogens is 461 g/mol. The number of thioether (sulfide) groups is 2. The molecule has 33 heavy (non-hydrogen) atoms. The van der Waals surface area contributed by atoms with Crippen molar-refractivity contribution in [3.63, 3.8) is 0 Å². The van der Waals surface area contributed by atoms with Crippen LogP contribution in [0.5, 0.6) is 0 Å². The summed E-state index contributed by atoms with van der Waals surface area (Å²) < 4.78 is 12.1. The van der Waals surface area contributed by atoms with E-state index in [1.807, 2.05) is 0 Å². The minimum Gasteiger partial charge on any atom is -0.350 e. The van der Waals surface area contributed by atoms with E-state index in [0.717, 1.165) is 6.42 Å². The third kappa shape index (κ3) is 4.46. The Morgan fingerprint density at radius 1 is 0.788 bits per heavy atom. The maximum absolute atomic E-state index is 6.04. The quantitative estimate of drug-likeness (QED) is 0.404. The molecule has 1 unspecified atom stereocenters. The van der Waals surface area contributed by atoms with E-state index in [1.54, 1.807) is 0 Å². The minimum atomic E-state index is -2.25. The second-order valence-electron chi connectivity index (χ2n) is 8.95. The van der Waals surface area contributed by atoms with E-state index in [4.69, 9.17) is 9.47 Å². The third-order valence-electron chi connectivity index (χ3n) is 7.10. The predicted molar refractivity (Wildman–Crippen MR) is 146 cm³/mol. The summed E-state index contributed by atoms with van der Waals surface area (Å²) >= 11 is 4.41. The first-order chi connectivity index (χ1) is 16.2. The lowest BCUT2D eigenvalue weighted by Gasteiger charge is -2.53. The van der Waals surface area contributed by atoms with Crippen LogP contribution in [0.2, 0.25) is 6.55 Å². The Morgan fingerprint density at radius 3 is 1.79 bits per heavy atom. The van der Waals surface area contributed by atoms with E-state index in [1.165, 1.54) is 33.9 Å². The molecule has 0 bridgehead atoms. The highest BCUT2D eigenvalue weighted by Crippen LogP contribution is 2.57. The highest BCUT2D eigenvalue weighted by atomic mass is 32.2. The minimum absolute atomic E-state index is 0.0324. The van der Waals surface area contributed by atoms with Crippen molar-refractivity contribution in [1.82, 2.24) is 0 Å². The molecule has 0 N–H and O–H groups in total. The van der Waals surface area contributed by atoms with Gasteiger partial charge in [0.1, 0.15) is 8.07 Å². The van der Waals surface area contributed by atoms with Gasteiger partial charge in [0, 0.05) is 12.3 Å². The Bertz CT molecular complexity index is 964. The van der Waals surface area contributed by atoms with Crippen LogP contribution in [0.15, 0.2) is 91.0 Å². The maximum atomic E-state index is 6.04. The Hall–Kier alpha value is -1.50. The standard InChI is InChI=1S/C28H32O2S2Si/c1-33(24-14-7-3-8-15-24,25-16-9-4-10-17-25)28(31-20-11-21-32-28)26(22-27-29-18-19-30-27)23-12-5-2-6-13-23/h2-10,12-17,26-27H,11,18-22H2,1H3. The van der Waals surface area contributed by atoms with E-state index in [2.05, 4.69) is 121 Å². The normalized spacial score (nSPS) is 19.9. The Kier molecular flexibility index (Phi) is 7.33. The summed E-state index contributed by atoms with van der Waals surface area (Å²) in [6.07, 6.45) is 2.04. The summed E-state index contributed by atoms with van der Waals surface area (Å²) in [6, 6.07) is 33.8. The van der Waals surface area contributed by atoms with Crippen LogP contribution in [-0.4, -0.2) is 42.8 Å². The van der Waals surface area contributed by atoms with Crippen molar-refractivity contribution in [3.05, 3.63) is 96.6 Å². The van der Waals surface area contributed by atoms with Crippen LogP contribution in [0.25, 0.3) is 0 Å². The number of benzene rings is 3. The van der Waals surface area contributed by atoms with Crippen LogP contribution >= 0.6 is 23.5 Å². The maximum Gasteiger partial charge on any atom is 0.158 e. The van der Waals surface area contributed by atoms with Gasteiger partial charge in [-0.05, 0) is 23.5 Å². The number of hydrogen-bond donors (Lipinski definition) is 0. The van der Waals surface area contributed by atoms with Crippen molar-refractivity contribution >= 4 is 42.0 Å². The molecular formula is C28H32O2S2Si. The van der Waals surface area contributed by atoms with Gasteiger partial charge in [0.2, 0.25) is 0 Å². The van der Waals surface area contributed by atoms with Crippen LogP contribution in [-0.2, 0) is 9.47 Å². The molecule has 5 rings (SSSR count). The van der Waals surface area contributed by atoms with Crippen molar-refractivity contribution in [2.24, 2.45) is 0 Å². The monoisotopic (exact) mass is 492 g/mol. The summed E-state index contributed by atoms with van der Waals surface area (Å²) in [5.41, 5.74) is 1.41. The molecule has 2 saturated heterocycles. The Balaban J connectivity index is 1.72.